The maximum Gasteiger partial charge on any atom is 0.295 e. The van der Waals surface area contributed by atoms with Crippen molar-refractivity contribution < 1.29 is 23.4 Å². The molecule has 0 bridgehead atoms. The van der Waals surface area contributed by atoms with Crippen molar-refractivity contribution in [2.24, 2.45) is 0 Å². The largest absolute Gasteiger partial charge is 0.495 e. The van der Waals surface area contributed by atoms with Crippen molar-refractivity contribution in [2.75, 3.05) is 25.7 Å². The Balaban J connectivity index is 1.79. The van der Waals surface area contributed by atoms with Gasteiger partial charge in [0.15, 0.2) is 16.9 Å². The summed E-state index contributed by atoms with van der Waals surface area (Å²) >= 11 is 6.43. The number of benzene rings is 3. The van der Waals surface area contributed by atoms with E-state index in [0.29, 0.717) is 51.1 Å². The third-order valence-electron chi connectivity index (χ3n) is 6.70. The van der Waals surface area contributed by atoms with Crippen molar-refractivity contribution in [3.05, 3.63) is 91.8 Å². The van der Waals surface area contributed by atoms with Crippen LogP contribution >= 0.6 is 11.6 Å². The summed E-state index contributed by atoms with van der Waals surface area (Å²) in [6, 6.07) is 13.2. The second kappa shape index (κ2) is 9.48. The molecule has 37 heavy (non-hydrogen) atoms. The second-order valence-electron chi connectivity index (χ2n) is 8.85. The Morgan fingerprint density at radius 3 is 2.30 bits per heavy atom. The van der Waals surface area contributed by atoms with Gasteiger partial charge < -0.3 is 18.6 Å². The van der Waals surface area contributed by atoms with E-state index in [2.05, 4.69) is 0 Å². The van der Waals surface area contributed by atoms with Gasteiger partial charge in [0.1, 0.15) is 11.3 Å². The first-order valence-corrected chi connectivity index (χ1v) is 12.2. The van der Waals surface area contributed by atoms with E-state index in [-0.39, 0.29) is 16.8 Å². The zero-order valence-corrected chi connectivity index (χ0v) is 21.9. The number of anilines is 1. The molecule has 1 unspecified atom stereocenters. The van der Waals surface area contributed by atoms with Gasteiger partial charge in [-0.2, -0.15) is 0 Å². The molecule has 3 aromatic carbocycles. The molecule has 0 fully saturated rings. The normalized spacial score (nSPS) is 14.7. The van der Waals surface area contributed by atoms with Crippen LogP contribution in [0.2, 0.25) is 5.02 Å². The second-order valence-corrected chi connectivity index (χ2v) is 9.25. The Labute approximate surface area is 219 Å². The van der Waals surface area contributed by atoms with Gasteiger partial charge in [0.25, 0.3) is 5.91 Å². The summed E-state index contributed by atoms with van der Waals surface area (Å²) < 4.78 is 22.7. The molecule has 0 N–H and O–H groups in total. The van der Waals surface area contributed by atoms with Crippen LogP contribution in [0.1, 0.15) is 45.8 Å². The van der Waals surface area contributed by atoms with Gasteiger partial charge in [-0.1, -0.05) is 17.7 Å². The van der Waals surface area contributed by atoms with Crippen molar-refractivity contribution in [1.29, 1.82) is 0 Å². The Morgan fingerprint density at radius 1 is 0.919 bits per heavy atom. The van der Waals surface area contributed by atoms with E-state index in [1.807, 2.05) is 32.9 Å². The molecule has 8 heteroatoms. The lowest BCUT2D eigenvalue weighted by Gasteiger charge is -2.26. The van der Waals surface area contributed by atoms with E-state index in [4.69, 9.17) is 30.2 Å². The zero-order valence-electron chi connectivity index (χ0n) is 21.2. The van der Waals surface area contributed by atoms with Crippen LogP contribution in [0.15, 0.2) is 57.7 Å². The van der Waals surface area contributed by atoms with Crippen LogP contribution in [0.5, 0.6) is 17.2 Å². The molecule has 1 aliphatic heterocycles. The summed E-state index contributed by atoms with van der Waals surface area (Å²) in [5.41, 5.74) is 3.46. The molecule has 2 heterocycles. The first kappa shape index (κ1) is 24.7. The van der Waals surface area contributed by atoms with Gasteiger partial charge in [0.2, 0.25) is 5.76 Å². The van der Waals surface area contributed by atoms with Crippen LogP contribution in [0, 0.1) is 13.8 Å². The van der Waals surface area contributed by atoms with E-state index in [1.165, 1.54) is 12.0 Å². The SMILES string of the molecule is CCOc1ccc(C2c3c(oc4cc(C)c(C)cc4c3=O)C(=O)N2c2ccc(OC)c(Cl)c2)cc1OC. The highest BCUT2D eigenvalue weighted by Crippen LogP contribution is 2.44. The number of fused-ring (bicyclic) bond motifs is 2. The molecule has 0 saturated heterocycles. The maximum absolute atomic E-state index is 13.9. The summed E-state index contributed by atoms with van der Waals surface area (Å²) in [5.74, 6) is 1.09. The molecular formula is C29H26ClNO6. The Hall–Kier alpha value is -3.97. The van der Waals surface area contributed by atoms with Crippen LogP contribution < -0.4 is 24.5 Å². The van der Waals surface area contributed by atoms with Crippen molar-refractivity contribution in [2.45, 2.75) is 26.8 Å². The lowest BCUT2D eigenvalue weighted by Crippen LogP contribution is -2.29. The predicted molar refractivity (Wildman–Crippen MR) is 143 cm³/mol. The summed E-state index contributed by atoms with van der Waals surface area (Å²) in [5, 5.41) is 0.759. The van der Waals surface area contributed by atoms with Crippen LogP contribution in [0.4, 0.5) is 5.69 Å². The Morgan fingerprint density at radius 2 is 1.62 bits per heavy atom. The molecule has 0 radical (unpaired) electrons. The van der Waals surface area contributed by atoms with E-state index in [9.17, 15) is 9.59 Å². The zero-order chi connectivity index (χ0) is 26.4. The van der Waals surface area contributed by atoms with Gasteiger partial charge in [0, 0.05) is 5.69 Å². The number of carbonyl (C=O) groups excluding carboxylic acids is 1. The number of hydrogen-bond donors (Lipinski definition) is 0. The van der Waals surface area contributed by atoms with Gasteiger partial charge in [-0.25, -0.2) is 0 Å². The predicted octanol–water partition coefficient (Wildman–Crippen LogP) is 6.23. The lowest BCUT2D eigenvalue weighted by molar-refractivity contribution is 0.0971. The first-order chi connectivity index (χ1) is 17.8. The molecule has 1 aromatic heterocycles. The minimum absolute atomic E-state index is 0.00513. The molecule has 1 amide bonds. The molecule has 4 aromatic rings. The molecule has 1 aliphatic rings. The molecule has 190 valence electrons. The van der Waals surface area contributed by atoms with E-state index < -0.39 is 11.9 Å². The third kappa shape index (κ3) is 4.00. The lowest BCUT2D eigenvalue weighted by atomic mass is 9.97. The minimum atomic E-state index is -0.779. The number of nitrogens with zero attached hydrogens (tertiary/aromatic N) is 1. The fourth-order valence-electron chi connectivity index (χ4n) is 4.74. The summed E-state index contributed by atoms with van der Waals surface area (Å²) in [6.07, 6.45) is 0. The van der Waals surface area contributed by atoms with Gasteiger partial charge in [-0.05, 0) is 79.9 Å². The fourth-order valence-corrected chi connectivity index (χ4v) is 5.00. The number of carbonyl (C=O) groups is 1. The minimum Gasteiger partial charge on any atom is -0.495 e. The topological polar surface area (TPSA) is 78.2 Å². The highest BCUT2D eigenvalue weighted by atomic mass is 35.5. The van der Waals surface area contributed by atoms with Crippen molar-refractivity contribution in [3.63, 3.8) is 0 Å². The molecule has 0 aliphatic carbocycles. The average molecular weight is 520 g/mol. The molecule has 0 spiro atoms. The van der Waals surface area contributed by atoms with Crippen LogP contribution in [-0.4, -0.2) is 26.7 Å². The maximum atomic E-state index is 13.9. The number of aryl methyl sites for hydroxylation is 2. The molecule has 0 saturated carbocycles. The molecule has 7 nitrogen and oxygen atoms in total. The summed E-state index contributed by atoms with van der Waals surface area (Å²) in [7, 11) is 3.06. The number of ether oxygens (including phenoxy) is 3. The number of rotatable bonds is 6. The summed E-state index contributed by atoms with van der Waals surface area (Å²) in [4.78, 5) is 29.3. The number of halogens is 1. The quantitative estimate of drug-likeness (QED) is 0.300. The van der Waals surface area contributed by atoms with Crippen LogP contribution in [-0.2, 0) is 0 Å². The third-order valence-corrected chi connectivity index (χ3v) is 7.00. The molecule has 5 rings (SSSR count). The highest BCUT2D eigenvalue weighted by Gasteiger charge is 2.44. The van der Waals surface area contributed by atoms with E-state index >= 15 is 0 Å². The molecular weight excluding hydrogens is 494 g/mol. The Kier molecular flexibility index (Phi) is 6.33. The average Bonchev–Trinajstić information content (AvgIpc) is 3.18. The smallest absolute Gasteiger partial charge is 0.295 e. The standard InChI is InChI=1S/C29H26ClNO6/c1-6-36-22-9-7-17(13-24(22)35-5)26-25-27(32)19-11-15(2)16(3)12-23(19)37-28(25)29(33)31(26)18-8-10-21(34-4)20(30)14-18/h7-14,26H,6H2,1-5H3. The molecule has 1 atom stereocenters. The van der Waals surface area contributed by atoms with Crippen molar-refractivity contribution in [3.8, 4) is 17.2 Å². The fraction of sp³-hybridized carbons (Fsp3) is 0.241. The van der Waals surface area contributed by atoms with Crippen molar-refractivity contribution in [1.82, 2.24) is 0 Å². The van der Waals surface area contributed by atoms with Crippen LogP contribution in [0.3, 0.4) is 0 Å². The van der Waals surface area contributed by atoms with Crippen molar-refractivity contribution >= 4 is 34.2 Å². The summed E-state index contributed by atoms with van der Waals surface area (Å²) in [6.45, 7) is 6.22. The number of hydrogen-bond acceptors (Lipinski definition) is 6. The number of amides is 1. The monoisotopic (exact) mass is 519 g/mol. The van der Waals surface area contributed by atoms with Gasteiger partial charge in [-0.15, -0.1) is 0 Å². The number of methoxy groups -OCH3 is 2. The Bertz CT molecular complexity index is 1610. The van der Waals surface area contributed by atoms with Gasteiger partial charge >= 0.3 is 0 Å². The van der Waals surface area contributed by atoms with Gasteiger partial charge in [0.05, 0.1) is 42.8 Å². The van der Waals surface area contributed by atoms with Gasteiger partial charge in [-0.3, -0.25) is 14.5 Å². The first-order valence-electron chi connectivity index (χ1n) is 11.8. The van der Waals surface area contributed by atoms with E-state index in [1.54, 1.807) is 43.5 Å². The van der Waals surface area contributed by atoms with E-state index in [0.717, 1.165) is 11.1 Å². The highest BCUT2D eigenvalue weighted by molar-refractivity contribution is 6.32. The van der Waals surface area contributed by atoms with Crippen LogP contribution in [0.25, 0.3) is 11.0 Å².